The van der Waals surface area contributed by atoms with E-state index in [1.165, 1.54) is 16.2 Å². The number of nitrogens with one attached hydrogen (secondary N) is 1. The quantitative estimate of drug-likeness (QED) is 0.397. The van der Waals surface area contributed by atoms with E-state index in [9.17, 15) is 9.59 Å². The third-order valence-corrected chi connectivity index (χ3v) is 5.02. The molecule has 1 aliphatic rings. The smallest absolute Gasteiger partial charge is 0.270 e. The van der Waals surface area contributed by atoms with Crippen molar-refractivity contribution in [2.75, 3.05) is 4.90 Å². The average Bonchev–Trinajstić information content (AvgIpc) is 3.20. The highest BCUT2D eigenvalue weighted by Gasteiger charge is 2.34. The molecule has 1 saturated heterocycles. The van der Waals surface area contributed by atoms with E-state index in [2.05, 4.69) is 5.32 Å². The first-order valence-electron chi connectivity index (χ1n) is 8.38. The fraction of sp³-hybridized carbons (Fsp3) is 0. The van der Waals surface area contributed by atoms with E-state index < -0.39 is 11.8 Å². The van der Waals surface area contributed by atoms with Crippen molar-refractivity contribution < 1.29 is 14.3 Å². The molecule has 1 aromatic heterocycles. The second-order valence-electron chi connectivity index (χ2n) is 5.92. The Hall–Kier alpha value is -3.29. The summed E-state index contributed by atoms with van der Waals surface area (Å²) in [6, 6.07) is 18.2. The summed E-state index contributed by atoms with van der Waals surface area (Å²) in [6.45, 7) is 0. The SMILES string of the molecule is O=C1NC(=S)N(c2ccc(Oc3ccccc3)cc2)C(=O)C1=Cc1ccsc1. The predicted molar refractivity (Wildman–Crippen MR) is 113 cm³/mol. The lowest BCUT2D eigenvalue weighted by Gasteiger charge is -2.29. The number of benzene rings is 2. The number of hydrogen-bond donors (Lipinski definition) is 1. The third-order valence-electron chi connectivity index (χ3n) is 4.03. The standard InChI is InChI=1S/C21H14N2O3S2/c24-19-18(12-14-10-11-28-13-14)20(25)23(21(27)22-19)15-6-8-17(9-7-15)26-16-4-2-1-3-5-16/h1-13H,(H,22,24,27). The van der Waals surface area contributed by atoms with E-state index in [0.717, 1.165) is 5.56 Å². The number of ether oxygens (including phenoxy) is 1. The van der Waals surface area contributed by atoms with Gasteiger partial charge in [-0.3, -0.25) is 19.8 Å². The molecule has 4 rings (SSSR count). The molecule has 3 aromatic rings. The predicted octanol–water partition coefficient (Wildman–Crippen LogP) is 4.37. The number of nitrogens with zero attached hydrogens (tertiary/aromatic N) is 1. The molecule has 2 heterocycles. The molecule has 138 valence electrons. The Bertz CT molecular complexity index is 1060. The van der Waals surface area contributed by atoms with Gasteiger partial charge in [0.25, 0.3) is 11.8 Å². The van der Waals surface area contributed by atoms with Gasteiger partial charge in [0.15, 0.2) is 5.11 Å². The van der Waals surface area contributed by atoms with Crippen LogP contribution in [0.5, 0.6) is 11.5 Å². The molecule has 0 spiro atoms. The largest absolute Gasteiger partial charge is 0.457 e. The number of rotatable bonds is 4. The summed E-state index contributed by atoms with van der Waals surface area (Å²) in [6.07, 6.45) is 1.57. The molecule has 0 unspecified atom stereocenters. The number of amides is 2. The number of thiophene rings is 1. The molecule has 1 aliphatic heterocycles. The van der Waals surface area contributed by atoms with Gasteiger partial charge in [-0.25, -0.2) is 0 Å². The summed E-state index contributed by atoms with van der Waals surface area (Å²) in [7, 11) is 0. The van der Waals surface area contributed by atoms with Crippen LogP contribution in [0, 0.1) is 0 Å². The topological polar surface area (TPSA) is 58.6 Å². The Balaban J connectivity index is 1.59. The summed E-state index contributed by atoms with van der Waals surface area (Å²) < 4.78 is 5.77. The van der Waals surface area contributed by atoms with Crippen LogP contribution >= 0.6 is 23.6 Å². The van der Waals surface area contributed by atoms with E-state index in [-0.39, 0.29) is 10.7 Å². The van der Waals surface area contributed by atoms with Crippen LogP contribution in [0.3, 0.4) is 0 Å². The molecule has 2 amide bonds. The van der Waals surface area contributed by atoms with Gasteiger partial charge in [-0.2, -0.15) is 11.3 Å². The lowest BCUT2D eigenvalue weighted by atomic mass is 10.1. The molecular weight excluding hydrogens is 392 g/mol. The molecule has 7 heteroatoms. The first kappa shape index (κ1) is 18.1. The fourth-order valence-corrected chi connectivity index (χ4v) is 3.60. The number of carbonyl (C=O) groups excluding carboxylic acids is 2. The lowest BCUT2D eigenvalue weighted by Crippen LogP contribution is -2.54. The second kappa shape index (κ2) is 7.75. The maximum atomic E-state index is 12.9. The van der Waals surface area contributed by atoms with Crippen molar-refractivity contribution in [3.63, 3.8) is 0 Å². The molecule has 2 aromatic carbocycles. The molecule has 0 radical (unpaired) electrons. The van der Waals surface area contributed by atoms with Crippen LogP contribution in [0.25, 0.3) is 6.08 Å². The van der Waals surface area contributed by atoms with Crippen LogP contribution in [-0.4, -0.2) is 16.9 Å². The van der Waals surface area contributed by atoms with Crippen molar-refractivity contribution in [3.8, 4) is 11.5 Å². The minimum absolute atomic E-state index is 0.0385. The zero-order valence-electron chi connectivity index (χ0n) is 14.5. The van der Waals surface area contributed by atoms with Crippen LogP contribution in [0.1, 0.15) is 5.56 Å². The van der Waals surface area contributed by atoms with E-state index >= 15 is 0 Å². The summed E-state index contributed by atoms with van der Waals surface area (Å²) >= 11 is 6.71. The van der Waals surface area contributed by atoms with Gasteiger partial charge >= 0.3 is 0 Å². The van der Waals surface area contributed by atoms with E-state index in [1.807, 2.05) is 47.2 Å². The van der Waals surface area contributed by atoms with Crippen LogP contribution < -0.4 is 15.0 Å². The van der Waals surface area contributed by atoms with Crippen molar-refractivity contribution >= 4 is 52.2 Å². The zero-order valence-corrected chi connectivity index (χ0v) is 16.1. The maximum absolute atomic E-state index is 12.9. The Morgan fingerprint density at radius 3 is 2.36 bits per heavy atom. The summed E-state index contributed by atoms with van der Waals surface area (Å²) in [4.78, 5) is 26.5. The lowest BCUT2D eigenvalue weighted by molar-refractivity contribution is -0.122. The zero-order chi connectivity index (χ0) is 19.5. The van der Waals surface area contributed by atoms with E-state index in [4.69, 9.17) is 17.0 Å². The van der Waals surface area contributed by atoms with Crippen molar-refractivity contribution in [1.29, 1.82) is 0 Å². The molecule has 28 heavy (non-hydrogen) atoms. The number of para-hydroxylation sites is 1. The molecule has 0 aliphatic carbocycles. The van der Waals surface area contributed by atoms with Crippen LogP contribution in [0.15, 0.2) is 77.0 Å². The molecule has 1 fully saturated rings. The minimum atomic E-state index is -0.499. The van der Waals surface area contributed by atoms with E-state index in [0.29, 0.717) is 17.2 Å². The van der Waals surface area contributed by atoms with Crippen molar-refractivity contribution in [2.24, 2.45) is 0 Å². The van der Waals surface area contributed by atoms with Crippen molar-refractivity contribution in [2.45, 2.75) is 0 Å². The van der Waals surface area contributed by atoms with Crippen LogP contribution in [0.2, 0.25) is 0 Å². The fourth-order valence-electron chi connectivity index (χ4n) is 2.70. The van der Waals surface area contributed by atoms with Gasteiger partial charge in [0, 0.05) is 0 Å². The Morgan fingerprint density at radius 2 is 1.68 bits per heavy atom. The van der Waals surface area contributed by atoms with Gasteiger partial charge in [0.05, 0.1) is 5.69 Å². The average molecular weight is 406 g/mol. The number of anilines is 1. The van der Waals surface area contributed by atoms with Gasteiger partial charge in [-0.15, -0.1) is 0 Å². The monoisotopic (exact) mass is 406 g/mol. The molecule has 1 N–H and O–H groups in total. The Morgan fingerprint density at radius 1 is 0.964 bits per heavy atom. The van der Waals surface area contributed by atoms with Gasteiger partial charge in [-0.1, -0.05) is 18.2 Å². The molecule has 0 bridgehead atoms. The van der Waals surface area contributed by atoms with Crippen molar-refractivity contribution in [1.82, 2.24) is 5.32 Å². The van der Waals surface area contributed by atoms with Crippen LogP contribution in [0.4, 0.5) is 5.69 Å². The van der Waals surface area contributed by atoms with Gasteiger partial charge in [-0.05, 0) is 77.1 Å². The van der Waals surface area contributed by atoms with E-state index in [1.54, 1.807) is 30.3 Å². The molecular formula is C21H14N2O3S2. The third kappa shape index (κ3) is 3.71. The summed E-state index contributed by atoms with van der Waals surface area (Å²) in [5, 5.41) is 6.37. The highest BCUT2D eigenvalue weighted by molar-refractivity contribution is 7.80. The summed E-state index contributed by atoms with van der Waals surface area (Å²) in [5.41, 5.74) is 1.38. The maximum Gasteiger partial charge on any atom is 0.270 e. The number of hydrogen-bond acceptors (Lipinski definition) is 5. The Labute approximate surface area is 170 Å². The first-order chi connectivity index (χ1) is 13.6. The van der Waals surface area contributed by atoms with Crippen LogP contribution in [-0.2, 0) is 9.59 Å². The molecule has 5 nitrogen and oxygen atoms in total. The van der Waals surface area contributed by atoms with Gasteiger partial charge < -0.3 is 4.74 Å². The first-order valence-corrected chi connectivity index (χ1v) is 9.73. The minimum Gasteiger partial charge on any atom is -0.457 e. The summed E-state index contributed by atoms with van der Waals surface area (Å²) in [5.74, 6) is 0.384. The normalized spacial score (nSPS) is 15.6. The molecule has 0 atom stereocenters. The van der Waals surface area contributed by atoms with Gasteiger partial charge in [0.1, 0.15) is 17.1 Å². The number of carbonyl (C=O) groups is 2. The second-order valence-corrected chi connectivity index (χ2v) is 7.09. The van der Waals surface area contributed by atoms with Crippen molar-refractivity contribution in [3.05, 3.63) is 82.6 Å². The highest BCUT2D eigenvalue weighted by atomic mass is 32.1. The Kier molecular flexibility index (Phi) is 5.01. The molecule has 0 saturated carbocycles. The van der Waals surface area contributed by atoms with Gasteiger partial charge in [0.2, 0.25) is 0 Å². The highest BCUT2D eigenvalue weighted by Crippen LogP contribution is 2.27. The number of thiocarbonyl (C=S) groups is 1.